The standard InChI is InChI=1S/C13H16BrFN2/c14-10-8-9(15)3-4-11(10)16-12-5-7-17-6-1-2-13(12)17/h3-4,8,12-13,16H,1-2,5-7H2. The number of hydrogen-bond donors (Lipinski definition) is 1. The van der Waals surface area contributed by atoms with E-state index in [1.54, 1.807) is 0 Å². The SMILES string of the molecule is Fc1ccc(NC2CCN3CCCC23)c(Br)c1. The molecule has 2 saturated heterocycles. The van der Waals surface area contributed by atoms with Crippen molar-refractivity contribution in [2.45, 2.75) is 31.3 Å². The largest absolute Gasteiger partial charge is 0.380 e. The second-order valence-corrected chi connectivity index (χ2v) is 5.76. The summed E-state index contributed by atoms with van der Waals surface area (Å²) in [5, 5.41) is 3.55. The van der Waals surface area contributed by atoms with Crippen molar-refractivity contribution in [1.29, 1.82) is 0 Å². The first kappa shape index (κ1) is 11.5. The van der Waals surface area contributed by atoms with Crippen LogP contribution in [-0.2, 0) is 0 Å². The molecular formula is C13H16BrFN2. The number of benzene rings is 1. The topological polar surface area (TPSA) is 15.3 Å². The first-order valence-electron chi connectivity index (χ1n) is 6.20. The molecule has 17 heavy (non-hydrogen) atoms. The number of hydrogen-bond acceptors (Lipinski definition) is 2. The van der Waals surface area contributed by atoms with Gasteiger partial charge in [0.1, 0.15) is 5.82 Å². The quantitative estimate of drug-likeness (QED) is 0.902. The van der Waals surface area contributed by atoms with E-state index in [1.807, 2.05) is 6.07 Å². The van der Waals surface area contributed by atoms with Gasteiger partial charge in [0, 0.05) is 28.8 Å². The molecule has 2 unspecified atom stereocenters. The summed E-state index contributed by atoms with van der Waals surface area (Å²) in [6, 6.07) is 6.03. The molecule has 0 bridgehead atoms. The fraction of sp³-hybridized carbons (Fsp3) is 0.538. The van der Waals surface area contributed by atoms with E-state index in [0.29, 0.717) is 12.1 Å². The summed E-state index contributed by atoms with van der Waals surface area (Å²) in [5.41, 5.74) is 1.00. The minimum absolute atomic E-state index is 0.198. The summed E-state index contributed by atoms with van der Waals surface area (Å²) in [4.78, 5) is 2.56. The number of rotatable bonds is 2. The number of fused-ring (bicyclic) bond motifs is 1. The van der Waals surface area contributed by atoms with Crippen molar-refractivity contribution in [2.24, 2.45) is 0 Å². The van der Waals surface area contributed by atoms with Crippen LogP contribution in [0, 0.1) is 5.82 Å². The zero-order valence-electron chi connectivity index (χ0n) is 9.63. The Hall–Kier alpha value is -0.610. The van der Waals surface area contributed by atoms with Crippen molar-refractivity contribution in [3.8, 4) is 0 Å². The van der Waals surface area contributed by atoms with E-state index in [4.69, 9.17) is 0 Å². The van der Waals surface area contributed by atoms with E-state index >= 15 is 0 Å². The Labute approximate surface area is 109 Å². The van der Waals surface area contributed by atoms with E-state index in [0.717, 1.165) is 10.2 Å². The van der Waals surface area contributed by atoms with Crippen molar-refractivity contribution in [3.63, 3.8) is 0 Å². The zero-order chi connectivity index (χ0) is 11.8. The number of nitrogens with one attached hydrogen (secondary N) is 1. The molecule has 1 aromatic rings. The van der Waals surface area contributed by atoms with Gasteiger partial charge in [-0.05, 0) is 59.9 Å². The van der Waals surface area contributed by atoms with Crippen molar-refractivity contribution in [1.82, 2.24) is 4.90 Å². The lowest BCUT2D eigenvalue weighted by molar-refractivity contribution is 0.318. The molecule has 2 aliphatic rings. The molecule has 0 amide bonds. The molecule has 0 aromatic heterocycles. The molecule has 2 aliphatic heterocycles. The van der Waals surface area contributed by atoms with Crippen LogP contribution in [0.5, 0.6) is 0 Å². The monoisotopic (exact) mass is 298 g/mol. The van der Waals surface area contributed by atoms with Gasteiger partial charge in [-0.1, -0.05) is 0 Å². The molecule has 1 aromatic carbocycles. The Balaban J connectivity index is 1.74. The third-order valence-corrected chi connectivity index (χ3v) is 4.53. The van der Waals surface area contributed by atoms with Gasteiger partial charge in [-0.15, -0.1) is 0 Å². The highest BCUT2D eigenvalue weighted by atomic mass is 79.9. The fourth-order valence-corrected chi connectivity index (χ4v) is 3.52. The van der Waals surface area contributed by atoms with Crippen LogP contribution < -0.4 is 5.32 Å². The molecule has 4 heteroatoms. The second kappa shape index (κ2) is 4.58. The summed E-state index contributed by atoms with van der Waals surface area (Å²) in [6.07, 6.45) is 3.79. The van der Waals surface area contributed by atoms with E-state index in [1.165, 1.54) is 44.5 Å². The molecule has 3 rings (SSSR count). The lowest BCUT2D eigenvalue weighted by atomic mass is 10.1. The van der Waals surface area contributed by atoms with E-state index in [-0.39, 0.29) is 5.82 Å². The van der Waals surface area contributed by atoms with Gasteiger partial charge in [-0.2, -0.15) is 0 Å². The smallest absolute Gasteiger partial charge is 0.124 e. The third-order valence-electron chi connectivity index (χ3n) is 3.88. The molecule has 92 valence electrons. The van der Waals surface area contributed by atoms with Gasteiger partial charge in [0.05, 0.1) is 0 Å². The van der Waals surface area contributed by atoms with Crippen LogP contribution in [0.15, 0.2) is 22.7 Å². The van der Waals surface area contributed by atoms with Crippen LogP contribution in [0.3, 0.4) is 0 Å². The molecule has 0 aliphatic carbocycles. The molecule has 2 fully saturated rings. The lowest BCUT2D eigenvalue weighted by Crippen LogP contribution is -2.33. The molecule has 2 heterocycles. The van der Waals surface area contributed by atoms with Crippen molar-refractivity contribution >= 4 is 21.6 Å². The maximum absolute atomic E-state index is 13.0. The number of halogens is 2. The fourth-order valence-electron chi connectivity index (χ4n) is 3.06. The molecule has 0 spiro atoms. The molecule has 2 nitrogen and oxygen atoms in total. The maximum Gasteiger partial charge on any atom is 0.124 e. The minimum Gasteiger partial charge on any atom is -0.380 e. The maximum atomic E-state index is 13.0. The Bertz CT molecular complexity index is 424. The van der Waals surface area contributed by atoms with E-state index in [9.17, 15) is 4.39 Å². The van der Waals surface area contributed by atoms with Gasteiger partial charge >= 0.3 is 0 Å². The molecular weight excluding hydrogens is 283 g/mol. The van der Waals surface area contributed by atoms with Gasteiger partial charge in [-0.3, -0.25) is 4.90 Å². The summed E-state index contributed by atoms with van der Waals surface area (Å²) in [5.74, 6) is -0.198. The minimum atomic E-state index is -0.198. The van der Waals surface area contributed by atoms with E-state index < -0.39 is 0 Å². The Morgan fingerprint density at radius 2 is 2.18 bits per heavy atom. The average Bonchev–Trinajstić information content (AvgIpc) is 2.86. The van der Waals surface area contributed by atoms with Crippen LogP contribution in [-0.4, -0.2) is 30.1 Å². The van der Waals surface area contributed by atoms with Gasteiger partial charge in [-0.25, -0.2) is 4.39 Å². The van der Waals surface area contributed by atoms with Crippen LogP contribution in [0.1, 0.15) is 19.3 Å². The highest BCUT2D eigenvalue weighted by Crippen LogP contribution is 2.32. The third kappa shape index (κ3) is 2.20. The molecule has 1 N–H and O–H groups in total. The van der Waals surface area contributed by atoms with Crippen molar-refractivity contribution in [3.05, 3.63) is 28.5 Å². The lowest BCUT2D eigenvalue weighted by Gasteiger charge is -2.22. The molecule has 0 saturated carbocycles. The van der Waals surface area contributed by atoms with Crippen LogP contribution in [0.25, 0.3) is 0 Å². The highest BCUT2D eigenvalue weighted by molar-refractivity contribution is 9.10. The predicted octanol–water partition coefficient (Wildman–Crippen LogP) is 3.24. The van der Waals surface area contributed by atoms with Gasteiger partial charge in [0.25, 0.3) is 0 Å². The first-order valence-corrected chi connectivity index (χ1v) is 6.99. The summed E-state index contributed by atoms with van der Waals surface area (Å²) in [6.45, 7) is 2.44. The van der Waals surface area contributed by atoms with Crippen LogP contribution >= 0.6 is 15.9 Å². The Morgan fingerprint density at radius 3 is 3.00 bits per heavy atom. The van der Waals surface area contributed by atoms with Gasteiger partial charge in [0.2, 0.25) is 0 Å². The van der Waals surface area contributed by atoms with E-state index in [2.05, 4.69) is 26.1 Å². The van der Waals surface area contributed by atoms with Crippen molar-refractivity contribution in [2.75, 3.05) is 18.4 Å². The first-order chi connectivity index (χ1) is 8.24. The highest BCUT2D eigenvalue weighted by Gasteiger charge is 2.37. The predicted molar refractivity (Wildman–Crippen MR) is 70.7 cm³/mol. The Kier molecular flexibility index (Phi) is 3.09. The van der Waals surface area contributed by atoms with Crippen LogP contribution in [0.4, 0.5) is 10.1 Å². The summed E-state index contributed by atoms with van der Waals surface area (Å²) >= 11 is 3.41. The summed E-state index contributed by atoms with van der Waals surface area (Å²) in [7, 11) is 0. The summed E-state index contributed by atoms with van der Waals surface area (Å²) < 4.78 is 13.8. The normalized spacial score (nSPS) is 28.4. The second-order valence-electron chi connectivity index (χ2n) is 4.91. The number of anilines is 1. The number of nitrogens with zero attached hydrogens (tertiary/aromatic N) is 1. The average molecular weight is 299 g/mol. The Morgan fingerprint density at radius 1 is 1.29 bits per heavy atom. The zero-order valence-corrected chi connectivity index (χ0v) is 11.2. The van der Waals surface area contributed by atoms with Crippen molar-refractivity contribution < 1.29 is 4.39 Å². The molecule has 2 atom stereocenters. The molecule has 0 radical (unpaired) electrons. The van der Waals surface area contributed by atoms with Gasteiger partial charge < -0.3 is 5.32 Å². The van der Waals surface area contributed by atoms with Crippen LogP contribution in [0.2, 0.25) is 0 Å². The van der Waals surface area contributed by atoms with Gasteiger partial charge in [0.15, 0.2) is 0 Å².